The number of thioether (sulfide) groups is 1. The average Bonchev–Trinajstić information content (AvgIpc) is 3.29. The van der Waals surface area contributed by atoms with E-state index in [1.54, 1.807) is 16.3 Å². The topological polar surface area (TPSA) is 137 Å². The van der Waals surface area contributed by atoms with E-state index < -0.39 is 18.4 Å². The fraction of sp³-hybridized carbons (Fsp3) is 0.538. The minimum absolute atomic E-state index is 0.0949. The molecule has 2 aromatic heterocycles. The fourth-order valence-electron chi connectivity index (χ4n) is 2.76. The van der Waals surface area contributed by atoms with Crippen LogP contribution >= 0.6 is 11.8 Å². The molecule has 0 aromatic carbocycles. The first kappa shape index (κ1) is 15.6. The predicted molar refractivity (Wildman–Crippen MR) is 84.9 cm³/mol. The van der Waals surface area contributed by atoms with Crippen LogP contribution in [0.25, 0.3) is 11.2 Å². The molecule has 10 nitrogen and oxygen atoms in total. The van der Waals surface area contributed by atoms with E-state index in [0.29, 0.717) is 22.8 Å². The molecule has 4 rings (SSSR count). The highest BCUT2D eigenvalue weighted by molar-refractivity contribution is 7.99. The van der Waals surface area contributed by atoms with Gasteiger partial charge in [0.2, 0.25) is 0 Å². The van der Waals surface area contributed by atoms with Crippen LogP contribution in [0.1, 0.15) is 6.23 Å². The van der Waals surface area contributed by atoms with Gasteiger partial charge in [0.15, 0.2) is 23.8 Å². The number of esters is 1. The molecule has 2 aromatic rings. The predicted octanol–water partition coefficient (Wildman–Crippen LogP) is -1.13. The number of imidazole rings is 1. The van der Waals surface area contributed by atoms with E-state index in [4.69, 9.17) is 15.2 Å². The number of nitrogens with two attached hydrogens (primary N) is 1. The highest BCUT2D eigenvalue weighted by Gasteiger charge is 2.41. The van der Waals surface area contributed by atoms with E-state index in [1.807, 2.05) is 0 Å². The summed E-state index contributed by atoms with van der Waals surface area (Å²) in [7, 11) is 0. The maximum atomic E-state index is 12.1. The van der Waals surface area contributed by atoms with E-state index in [0.717, 1.165) is 0 Å². The Morgan fingerprint density at radius 2 is 2.38 bits per heavy atom. The standard InChI is InChI=1S/C13H16N6O4S/c14-10-8-11(16-3-15-10)19(4-17-8)12-9(20)7(1-22-12)23-13(21)6-2-24-5-18-6/h3-4,6-7,9,12,18,20H,1-2,5H2,(H2,14,15,16). The maximum Gasteiger partial charge on any atom is 0.324 e. The van der Waals surface area contributed by atoms with Gasteiger partial charge in [0, 0.05) is 11.6 Å². The van der Waals surface area contributed by atoms with Crippen molar-refractivity contribution in [3.8, 4) is 0 Å². The lowest BCUT2D eigenvalue weighted by Gasteiger charge is -2.20. The van der Waals surface area contributed by atoms with Crippen LogP contribution < -0.4 is 11.1 Å². The summed E-state index contributed by atoms with van der Waals surface area (Å²) in [4.78, 5) is 24.2. The zero-order valence-electron chi connectivity index (χ0n) is 12.5. The fourth-order valence-corrected chi connectivity index (χ4v) is 3.68. The Morgan fingerprint density at radius 1 is 1.50 bits per heavy atom. The Hall–Kier alpha value is -1.95. The highest BCUT2D eigenvalue weighted by atomic mass is 32.2. The number of hydrogen-bond acceptors (Lipinski definition) is 10. The van der Waals surface area contributed by atoms with E-state index >= 15 is 0 Å². The lowest BCUT2D eigenvalue weighted by Crippen LogP contribution is -2.40. The van der Waals surface area contributed by atoms with Crippen LogP contribution in [0.15, 0.2) is 12.7 Å². The Kier molecular flexibility index (Phi) is 4.00. The number of aromatic nitrogens is 4. The van der Waals surface area contributed by atoms with Gasteiger partial charge in [0.05, 0.1) is 12.9 Å². The summed E-state index contributed by atoms with van der Waals surface area (Å²) in [6.45, 7) is 0.0949. The van der Waals surface area contributed by atoms with Gasteiger partial charge in [0.25, 0.3) is 0 Å². The Balaban J connectivity index is 1.51. The summed E-state index contributed by atoms with van der Waals surface area (Å²) in [6.07, 6.45) is 0.261. The normalized spacial score (nSPS) is 30.0. The van der Waals surface area contributed by atoms with Gasteiger partial charge in [-0.3, -0.25) is 14.7 Å². The number of carbonyl (C=O) groups excluding carboxylic acids is 1. The Morgan fingerprint density at radius 3 is 3.17 bits per heavy atom. The molecule has 128 valence electrons. The lowest BCUT2D eigenvalue weighted by molar-refractivity contribution is -0.154. The Labute approximate surface area is 140 Å². The first-order chi connectivity index (χ1) is 11.6. The second-order valence-electron chi connectivity index (χ2n) is 5.54. The third kappa shape index (κ3) is 2.59. The molecule has 4 N–H and O–H groups in total. The van der Waals surface area contributed by atoms with Gasteiger partial charge in [-0.15, -0.1) is 11.8 Å². The molecule has 0 spiro atoms. The lowest BCUT2D eigenvalue weighted by atomic mass is 10.2. The molecule has 0 saturated carbocycles. The molecule has 4 heterocycles. The summed E-state index contributed by atoms with van der Waals surface area (Å²) in [5.74, 6) is 1.25. The number of nitrogens with one attached hydrogen (secondary N) is 1. The van der Waals surface area contributed by atoms with Crippen molar-refractivity contribution in [2.45, 2.75) is 24.5 Å². The molecule has 4 atom stereocenters. The first-order valence-electron chi connectivity index (χ1n) is 7.39. The number of fused-ring (bicyclic) bond motifs is 1. The summed E-state index contributed by atoms with van der Waals surface area (Å²) in [5, 5.41) is 13.5. The van der Waals surface area contributed by atoms with Crippen molar-refractivity contribution >= 4 is 34.7 Å². The number of nitrogens with zero attached hydrogens (tertiary/aromatic N) is 4. The van der Waals surface area contributed by atoms with Crippen LogP contribution in [-0.2, 0) is 14.3 Å². The molecule has 24 heavy (non-hydrogen) atoms. The van der Waals surface area contributed by atoms with Crippen LogP contribution in [0.5, 0.6) is 0 Å². The minimum Gasteiger partial charge on any atom is -0.456 e. The van der Waals surface area contributed by atoms with E-state index in [-0.39, 0.29) is 24.4 Å². The van der Waals surface area contributed by atoms with Crippen molar-refractivity contribution in [3.63, 3.8) is 0 Å². The van der Waals surface area contributed by atoms with Gasteiger partial charge in [-0.25, -0.2) is 15.0 Å². The van der Waals surface area contributed by atoms with Crippen LogP contribution in [-0.4, -0.2) is 67.1 Å². The summed E-state index contributed by atoms with van der Waals surface area (Å²) in [6, 6.07) is -0.345. The van der Waals surface area contributed by atoms with Crippen molar-refractivity contribution in [2.24, 2.45) is 0 Å². The molecular weight excluding hydrogens is 336 g/mol. The molecule has 0 bridgehead atoms. The first-order valence-corrected chi connectivity index (χ1v) is 8.55. The number of ether oxygens (including phenoxy) is 2. The third-order valence-corrected chi connectivity index (χ3v) is 4.97. The summed E-state index contributed by atoms with van der Waals surface area (Å²) >= 11 is 1.63. The molecule has 11 heteroatoms. The summed E-state index contributed by atoms with van der Waals surface area (Å²) < 4.78 is 12.6. The van der Waals surface area contributed by atoms with Crippen molar-refractivity contribution in [1.82, 2.24) is 24.8 Å². The van der Waals surface area contributed by atoms with Crippen LogP contribution in [0.2, 0.25) is 0 Å². The van der Waals surface area contributed by atoms with Gasteiger partial charge >= 0.3 is 5.97 Å². The molecule has 2 aliphatic heterocycles. The molecule has 2 saturated heterocycles. The van der Waals surface area contributed by atoms with Gasteiger partial charge in [0.1, 0.15) is 24.0 Å². The molecule has 2 fully saturated rings. The minimum atomic E-state index is -1.03. The number of hydrogen-bond donors (Lipinski definition) is 3. The van der Waals surface area contributed by atoms with E-state index in [2.05, 4.69) is 20.3 Å². The SMILES string of the molecule is Nc1ncnc2c1ncn2C1OCC(OC(=O)C2CSCN2)C1O. The quantitative estimate of drug-likeness (QED) is 0.582. The smallest absolute Gasteiger partial charge is 0.324 e. The monoisotopic (exact) mass is 352 g/mol. The highest BCUT2D eigenvalue weighted by Crippen LogP contribution is 2.29. The van der Waals surface area contributed by atoms with Crippen molar-refractivity contribution in [1.29, 1.82) is 0 Å². The molecular formula is C13H16N6O4S. The molecule has 0 radical (unpaired) electrons. The number of aliphatic hydroxyl groups is 1. The van der Waals surface area contributed by atoms with Crippen LogP contribution in [0.3, 0.4) is 0 Å². The zero-order chi connectivity index (χ0) is 16.7. The zero-order valence-corrected chi connectivity index (χ0v) is 13.3. The van der Waals surface area contributed by atoms with Crippen LogP contribution in [0.4, 0.5) is 5.82 Å². The number of anilines is 1. The van der Waals surface area contributed by atoms with Gasteiger partial charge < -0.3 is 20.3 Å². The third-order valence-electron chi connectivity index (χ3n) is 4.03. The van der Waals surface area contributed by atoms with Crippen molar-refractivity contribution in [3.05, 3.63) is 12.7 Å². The number of aliphatic hydroxyl groups excluding tert-OH is 1. The number of rotatable bonds is 3. The number of nitrogen functional groups attached to an aromatic ring is 1. The maximum absolute atomic E-state index is 12.1. The van der Waals surface area contributed by atoms with Crippen LogP contribution in [0, 0.1) is 0 Å². The largest absolute Gasteiger partial charge is 0.456 e. The van der Waals surface area contributed by atoms with Gasteiger partial charge in [-0.2, -0.15) is 0 Å². The molecule has 0 amide bonds. The van der Waals surface area contributed by atoms with E-state index in [9.17, 15) is 9.90 Å². The Bertz CT molecular complexity index is 764. The summed E-state index contributed by atoms with van der Waals surface area (Å²) in [5.41, 5.74) is 6.64. The van der Waals surface area contributed by atoms with E-state index in [1.165, 1.54) is 12.7 Å². The van der Waals surface area contributed by atoms with Gasteiger partial charge in [-0.05, 0) is 0 Å². The average molecular weight is 352 g/mol. The van der Waals surface area contributed by atoms with Crippen molar-refractivity contribution < 1.29 is 19.4 Å². The second-order valence-corrected chi connectivity index (χ2v) is 6.57. The molecule has 2 aliphatic rings. The van der Waals surface area contributed by atoms with Crippen molar-refractivity contribution in [2.75, 3.05) is 24.0 Å². The number of carbonyl (C=O) groups is 1. The van der Waals surface area contributed by atoms with Gasteiger partial charge in [-0.1, -0.05) is 0 Å². The molecule has 4 unspecified atom stereocenters. The second kappa shape index (κ2) is 6.16. The molecule has 0 aliphatic carbocycles.